The van der Waals surface area contributed by atoms with Crippen LogP contribution in [0.2, 0.25) is 0 Å². The lowest BCUT2D eigenvalue weighted by Crippen LogP contribution is -2.08. The largest absolute Gasteiger partial charge is 0.469 e. The van der Waals surface area contributed by atoms with Crippen molar-refractivity contribution < 1.29 is 18.3 Å². The van der Waals surface area contributed by atoms with Crippen LogP contribution in [0.15, 0.2) is 12.1 Å². The number of nitrogens with two attached hydrogens (primary N) is 1. The Kier molecular flexibility index (Phi) is 3.01. The molecule has 3 nitrogen and oxygen atoms in total. The van der Waals surface area contributed by atoms with Crippen LogP contribution in [-0.4, -0.2) is 13.1 Å². The number of methoxy groups -OCH3 is 1. The number of benzene rings is 1. The Balaban J connectivity index is 3.00. The highest BCUT2D eigenvalue weighted by Crippen LogP contribution is 2.19. The zero-order valence-electron chi connectivity index (χ0n) is 7.51. The van der Waals surface area contributed by atoms with Crippen LogP contribution in [0, 0.1) is 11.6 Å². The van der Waals surface area contributed by atoms with E-state index in [4.69, 9.17) is 5.73 Å². The van der Waals surface area contributed by atoms with Crippen molar-refractivity contribution in [2.75, 3.05) is 12.8 Å². The minimum atomic E-state index is -1.13. The molecular weight excluding hydrogens is 192 g/mol. The topological polar surface area (TPSA) is 52.3 Å². The fraction of sp³-hybridized carbons (Fsp3) is 0.222. The van der Waals surface area contributed by atoms with Crippen LogP contribution in [0.3, 0.4) is 0 Å². The Labute approximate surface area is 79.5 Å². The highest BCUT2D eigenvalue weighted by molar-refractivity contribution is 5.74. The van der Waals surface area contributed by atoms with Gasteiger partial charge in [-0.1, -0.05) is 6.07 Å². The molecule has 0 unspecified atom stereocenters. The Bertz CT molecular complexity index is 366. The highest BCUT2D eigenvalue weighted by atomic mass is 19.2. The molecule has 1 aromatic carbocycles. The minimum absolute atomic E-state index is 0.167. The van der Waals surface area contributed by atoms with Gasteiger partial charge in [0.1, 0.15) is 0 Å². The van der Waals surface area contributed by atoms with Crippen molar-refractivity contribution in [3.05, 3.63) is 29.3 Å². The summed E-state index contributed by atoms with van der Waals surface area (Å²) in [5, 5.41) is 0. The van der Waals surface area contributed by atoms with Gasteiger partial charge in [0, 0.05) is 0 Å². The molecule has 0 amide bonds. The van der Waals surface area contributed by atoms with Crippen molar-refractivity contribution in [3.8, 4) is 0 Å². The van der Waals surface area contributed by atoms with E-state index < -0.39 is 17.6 Å². The predicted octanol–water partition coefficient (Wildman–Crippen LogP) is 1.26. The second-order valence-electron chi connectivity index (χ2n) is 2.69. The Hall–Kier alpha value is -1.65. The molecule has 1 rings (SSSR count). The molecule has 0 aliphatic rings. The molecule has 0 radical (unpaired) electrons. The van der Waals surface area contributed by atoms with Crippen molar-refractivity contribution in [3.63, 3.8) is 0 Å². The van der Waals surface area contributed by atoms with Gasteiger partial charge in [0.15, 0.2) is 11.6 Å². The first-order chi connectivity index (χ1) is 6.56. The SMILES string of the molecule is COC(=O)Cc1ccc(F)c(F)c1N. The normalized spacial score (nSPS) is 9.93. The van der Waals surface area contributed by atoms with E-state index in [1.165, 1.54) is 13.2 Å². The van der Waals surface area contributed by atoms with E-state index in [0.29, 0.717) is 0 Å². The molecule has 0 bridgehead atoms. The summed E-state index contributed by atoms with van der Waals surface area (Å²) in [5.41, 5.74) is 5.13. The summed E-state index contributed by atoms with van der Waals surface area (Å²) in [6, 6.07) is 2.18. The Morgan fingerprint density at radius 3 is 2.71 bits per heavy atom. The summed E-state index contributed by atoms with van der Waals surface area (Å²) in [6.45, 7) is 0. The zero-order valence-corrected chi connectivity index (χ0v) is 7.51. The number of nitrogen functional groups attached to an aromatic ring is 1. The van der Waals surface area contributed by atoms with Crippen LogP contribution in [0.1, 0.15) is 5.56 Å². The summed E-state index contributed by atoms with van der Waals surface area (Å²) in [6.07, 6.45) is -0.167. The third-order valence-electron chi connectivity index (χ3n) is 1.79. The summed E-state index contributed by atoms with van der Waals surface area (Å²) in [4.78, 5) is 10.8. The summed E-state index contributed by atoms with van der Waals surface area (Å²) in [5.74, 6) is -2.72. The molecule has 14 heavy (non-hydrogen) atoms. The van der Waals surface area contributed by atoms with Gasteiger partial charge >= 0.3 is 5.97 Å². The molecule has 2 N–H and O–H groups in total. The van der Waals surface area contributed by atoms with Gasteiger partial charge in [0.25, 0.3) is 0 Å². The van der Waals surface area contributed by atoms with Gasteiger partial charge in [-0.05, 0) is 11.6 Å². The van der Waals surface area contributed by atoms with Crippen LogP contribution >= 0.6 is 0 Å². The first kappa shape index (κ1) is 10.4. The number of rotatable bonds is 2. The molecular formula is C9H9F2NO2. The summed E-state index contributed by atoms with van der Waals surface area (Å²) < 4.78 is 29.9. The maximum atomic E-state index is 12.9. The molecule has 5 heteroatoms. The second kappa shape index (κ2) is 4.04. The van der Waals surface area contributed by atoms with E-state index in [-0.39, 0.29) is 17.7 Å². The zero-order chi connectivity index (χ0) is 10.7. The number of carbonyl (C=O) groups is 1. The van der Waals surface area contributed by atoms with Crippen LogP contribution in [-0.2, 0) is 16.0 Å². The molecule has 0 fully saturated rings. The van der Waals surface area contributed by atoms with E-state index in [9.17, 15) is 13.6 Å². The van der Waals surface area contributed by atoms with Gasteiger partial charge in [0.05, 0.1) is 19.2 Å². The average Bonchev–Trinajstić information content (AvgIpc) is 2.19. The Morgan fingerprint density at radius 2 is 2.14 bits per heavy atom. The van der Waals surface area contributed by atoms with Crippen molar-refractivity contribution in [2.24, 2.45) is 0 Å². The van der Waals surface area contributed by atoms with Crippen LogP contribution < -0.4 is 5.73 Å². The van der Waals surface area contributed by atoms with Gasteiger partial charge in [-0.2, -0.15) is 0 Å². The molecule has 0 atom stereocenters. The average molecular weight is 201 g/mol. The first-order valence-electron chi connectivity index (χ1n) is 3.85. The molecule has 0 spiro atoms. The number of hydrogen-bond acceptors (Lipinski definition) is 3. The monoisotopic (exact) mass is 201 g/mol. The van der Waals surface area contributed by atoms with Crippen LogP contribution in [0.5, 0.6) is 0 Å². The van der Waals surface area contributed by atoms with Crippen molar-refractivity contribution >= 4 is 11.7 Å². The Morgan fingerprint density at radius 1 is 1.50 bits per heavy atom. The first-order valence-corrected chi connectivity index (χ1v) is 3.85. The van der Waals surface area contributed by atoms with Crippen molar-refractivity contribution in [2.45, 2.75) is 6.42 Å². The number of ether oxygens (including phenoxy) is 1. The van der Waals surface area contributed by atoms with Crippen molar-refractivity contribution in [1.82, 2.24) is 0 Å². The molecule has 76 valence electrons. The van der Waals surface area contributed by atoms with E-state index in [2.05, 4.69) is 4.74 Å². The maximum absolute atomic E-state index is 12.9. The number of anilines is 1. The van der Waals surface area contributed by atoms with Gasteiger partial charge in [-0.15, -0.1) is 0 Å². The highest BCUT2D eigenvalue weighted by Gasteiger charge is 2.13. The van der Waals surface area contributed by atoms with Gasteiger partial charge in [-0.25, -0.2) is 8.78 Å². The molecule has 0 aliphatic heterocycles. The number of halogens is 2. The lowest BCUT2D eigenvalue weighted by molar-refractivity contribution is -0.139. The predicted molar refractivity (Wildman–Crippen MR) is 46.5 cm³/mol. The summed E-state index contributed by atoms with van der Waals surface area (Å²) in [7, 11) is 1.21. The van der Waals surface area contributed by atoms with Crippen LogP contribution in [0.25, 0.3) is 0 Å². The van der Waals surface area contributed by atoms with E-state index in [0.717, 1.165) is 6.07 Å². The van der Waals surface area contributed by atoms with Gasteiger partial charge in [-0.3, -0.25) is 4.79 Å². The maximum Gasteiger partial charge on any atom is 0.310 e. The molecule has 0 aromatic heterocycles. The summed E-state index contributed by atoms with van der Waals surface area (Å²) >= 11 is 0. The standard InChI is InChI=1S/C9H9F2NO2/c1-14-7(13)4-5-2-3-6(10)8(11)9(5)12/h2-3H,4,12H2,1H3. The molecule has 0 saturated carbocycles. The lowest BCUT2D eigenvalue weighted by atomic mass is 10.1. The molecule has 1 aromatic rings. The number of esters is 1. The fourth-order valence-corrected chi connectivity index (χ4v) is 0.988. The molecule has 0 heterocycles. The number of carbonyl (C=O) groups excluding carboxylic acids is 1. The van der Waals surface area contributed by atoms with Crippen molar-refractivity contribution in [1.29, 1.82) is 0 Å². The molecule has 0 saturated heterocycles. The van der Waals surface area contributed by atoms with E-state index in [1.54, 1.807) is 0 Å². The minimum Gasteiger partial charge on any atom is -0.469 e. The second-order valence-corrected chi connectivity index (χ2v) is 2.69. The van der Waals surface area contributed by atoms with Crippen LogP contribution in [0.4, 0.5) is 14.5 Å². The third-order valence-corrected chi connectivity index (χ3v) is 1.79. The smallest absolute Gasteiger partial charge is 0.310 e. The number of hydrogen-bond donors (Lipinski definition) is 1. The fourth-order valence-electron chi connectivity index (χ4n) is 0.988. The molecule has 0 aliphatic carbocycles. The van der Waals surface area contributed by atoms with E-state index in [1.807, 2.05) is 0 Å². The van der Waals surface area contributed by atoms with Gasteiger partial charge in [0.2, 0.25) is 0 Å². The van der Waals surface area contributed by atoms with E-state index >= 15 is 0 Å². The third kappa shape index (κ3) is 1.99. The lowest BCUT2D eigenvalue weighted by Gasteiger charge is -2.05. The quantitative estimate of drug-likeness (QED) is 0.579. The van der Waals surface area contributed by atoms with Gasteiger partial charge < -0.3 is 10.5 Å².